The van der Waals surface area contributed by atoms with E-state index in [4.69, 9.17) is 4.74 Å². The van der Waals surface area contributed by atoms with Crippen LogP contribution in [0.1, 0.15) is 84.1 Å². The first kappa shape index (κ1) is 26.8. The molecule has 0 bridgehead atoms. The molecule has 4 aliphatic heterocycles. The summed E-state index contributed by atoms with van der Waals surface area (Å²) in [6.45, 7) is 3.78. The predicted molar refractivity (Wildman–Crippen MR) is 142 cm³/mol. The number of ether oxygens (including phenoxy) is 1. The minimum Gasteiger partial charge on any atom is -0.491 e. The van der Waals surface area contributed by atoms with Gasteiger partial charge in [-0.25, -0.2) is 8.78 Å². The Hall–Kier alpha value is -3.40. The van der Waals surface area contributed by atoms with Gasteiger partial charge in [-0.05, 0) is 81.4 Å². The van der Waals surface area contributed by atoms with Gasteiger partial charge in [0.2, 0.25) is 11.8 Å². The molecule has 0 aliphatic carbocycles. The van der Waals surface area contributed by atoms with E-state index in [-0.39, 0.29) is 35.3 Å². The van der Waals surface area contributed by atoms with Gasteiger partial charge in [0, 0.05) is 29.5 Å². The van der Waals surface area contributed by atoms with Crippen molar-refractivity contribution in [1.82, 2.24) is 20.1 Å². The lowest BCUT2D eigenvalue weighted by Gasteiger charge is -2.38. The van der Waals surface area contributed by atoms with Crippen molar-refractivity contribution in [1.29, 1.82) is 0 Å². The SMILES string of the molecule is O=C1CCC(N2Cc3c(CCCCCN4CCC5(CC4)COc4cnc(C(F)F)cc45)cccc3C2=O)C(=O)N1. The number of carbonyl (C=O) groups excluding carboxylic acids is 3. The Balaban J connectivity index is 0.975. The van der Waals surface area contributed by atoms with Gasteiger partial charge < -0.3 is 14.5 Å². The maximum Gasteiger partial charge on any atom is 0.280 e. The van der Waals surface area contributed by atoms with Crippen LogP contribution in [0.5, 0.6) is 5.75 Å². The molecule has 2 aromatic rings. The summed E-state index contributed by atoms with van der Waals surface area (Å²) in [6.07, 6.45) is 5.27. The summed E-state index contributed by atoms with van der Waals surface area (Å²) in [7, 11) is 0. The monoisotopic (exact) mass is 552 g/mol. The Morgan fingerprint density at radius 3 is 2.73 bits per heavy atom. The van der Waals surface area contributed by atoms with E-state index in [2.05, 4.69) is 21.3 Å². The number of likely N-dealkylation sites (tertiary alicyclic amines) is 1. The van der Waals surface area contributed by atoms with E-state index >= 15 is 0 Å². The number of hydrogen-bond donors (Lipinski definition) is 1. The van der Waals surface area contributed by atoms with Crippen molar-refractivity contribution in [3.05, 3.63) is 58.4 Å². The molecule has 1 atom stereocenters. The molecule has 1 spiro atoms. The molecule has 40 heavy (non-hydrogen) atoms. The smallest absolute Gasteiger partial charge is 0.280 e. The topological polar surface area (TPSA) is 91.8 Å². The minimum absolute atomic E-state index is 0.133. The number of nitrogens with zero attached hydrogens (tertiary/aromatic N) is 3. The number of aryl methyl sites for hydroxylation is 1. The minimum atomic E-state index is -2.58. The molecular formula is C30H34F2N4O4. The number of fused-ring (bicyclic) bond motifs is 3. The Bertz CT molecular complexity index is 1320. The average molecular weight is 553 g/mol. The van der Waals surface area contributed by atoms with Crippen molar-refractivity contribution in [3.8, 4) is 5.75 Å². The lowest BCUT2D eigenvalue weighted by atomic mass is 9.74. The molecule has 5 heterocycles. The third-order valence-electron chi connectivity index (χ3n) is 9.10. The van der Waals surface area contributed by atoms with Gasteiger partial charge in [0.15, 0.2) is 0 Å². The van der Waals surface area contributed by atoms with Crippen LogP contribution >= 0.6 is 0 Å². The van der Waals surface area contributed by atoms with E-state index in [1.807, 2.05) is 12.1 Å². The van der Waals surface area contributed by atoms with Gasteiger partial charge in [-0.15, -0.1) is 0 Å². The number of aromatic nitrogens is 1. The molecule has 1 aromatic carbocycles. The molecule has 4 aliphatic rings. The lowest BCUT2D eigenvalue weighted by Crippen LogP contribution is -2.52. The summed E-state index contributed by atoms with van der Waals surface area (Å²) in [5.41, 5.74) is 3.34. The zero-order valence-corrected chi connectivity index (χ0v) is 22.5. The zero-order chi connectivity index (χ0) is 27.9. The van der Waals surface area contributed by atoms with Gasteiger partial charge >= 0.3 is 0 Å². The number of unbranched alkanes of at least 4 members (excludes halogenated alkanes) is 2. The average Bonchev–Trinajstić information content (AvgIpc) is 3.47. The van der Waals surface area contributed by atoms with Gasteiger partial charge in [0.1, 0.15) is 17.5 Å². The fourth-order valence-corrected chi connectivity index (χ4v) is 6.73. The summed E-state index contributed by atoms with van der Waals surface area (Å²) in [6, 6.07) is 6.76. The van der Waals surface area contributed by atoms with Crippen LogP contribution < -0.4 is 10.1 Å². The van der Waals surface area contributed by atoms with E-state index in [9.17, 15) is 23.2 Å². The van der Waals surface area contributed by atoms with Gasteiger partial charge in [0.05, 0.1) is 12.8 Å². The van der Waals surface area contributed by atoms with Crippen molar-refractivity contribution in [2.24, 2.45) is 0 Å². The van der Waals surface area contributed by atoms with E-state index in [0.717, 1.165) is 74.8 Å². The molecule has 8 nitrogen and oxygen atoms in total. The summed E-state index contributed by atoms with van der Waals surface area (Å²) in [5.74, 6) is -0.158. The van der Waals surface area contributed by atoms with Crippen LogP contribution in [-0.2, 0) is 28.0 Å². The van der Waals surface area contributed by atoms with Gasteiger partial charge in [-0.2, -0.15) is 0 Å². The molecule has 1 aromatic heterocycles. The van der Waals surface area contributed by atoms with Crippen LogP contribution in [0, 0.1) is 0 Å². The number of benzene rings is 1. The van der Waals surface area contributed by atoms with Gasteiger partial charge in [0.25, 0.3) is 12.3 Å². The molecule has 10 heteroatoms. The first-order valence-corrected chi connectivity index (χ1v) is 14.2. The number of pyridine rings is 1. The number of hydrogen-bond acceptors (Lipinski definition) is 6. The molecule has 2 fully saturated rings. The summed E-state index contributed by atoms with van der Waals surface area (Å²) < 4.78 is 32.2. The number of imide groups is 1. The number of rotatable bonds is 8. The third kappa shape index (κ3) is 4.98. The van der Waals surface area contributed by atoms with E-state index < -0.39 is 12.5 Å². The van der Waals surface area contributed by atoms with E-state index in [1.54, 1.807) is 11.0 Å². The second-order valence-corrected chi connectivity index (χ2v) is 11.5. The predicted octanol–water partition coefficient (Wildman–Crippen LogP) is 3.92. The fraction of sp³-hybridized carbons (Fsp3) is 0.533. The number of amides is 3. The third-order valence-corrected chi connectivity index (χ3v) is 9.10. The van der Waals surface area contributed by atoms with Crippen molar-refractivity contribution >= 4 is 17.7 Å². The molecule has 0 saturated carbocycles. The molecule has 2 saturated heterocycles. The maximum absolute atomic E-state index is 13.2. The first-order valence-electron chi connectivity index (χ1n) is 14.2. The molecule has 212 valence electrons. The van der Waals surface area contributed by atoms with Crippen molar-refractivity contribution < 1.29 is 27.9 Å². The molecule has 1 unspecified atom stereocenters. The van der Waals surface area contributed by atoms with Gasteiger partial charge in [-0.3, -0.25) is 24.7 Å². The van der Waals surface area contributed by atoms with E-state index in [0.29, 0.717) is 30.9 Å². The maximum atomic E-state index is 13.2. The summed E-state index contributed by atoms with van der Waals surface area (Å²) in [5, 5.41) is 2.36. The van der Waals surface area contributed by atoms with Crippen LogP contribution in [0.4, 0.5) is 8.78 Å². The Kier molecular flexibility index (Phi) is 7.29. The highest BCUT2D eigenvalue weighted by Crippen LogP contribution is 2.46. The Morgan fingerprint density at radius 2 is 1.95 bits per heavy atom. The molecule has 1 N–H and O–H groups in total. The number of halogens is 2. The van der Waals surface area contributed by atoms with Crippen LogP contribution in [0.25, 0.3) is 0 Å². The van der Waals surface area contributed by atoms with E-state index in [1.165, 1.54) is 6.20 Å². The van der Waals surface area contributed by atoms with Crippen LogP contribution in [0.2, 0.25) is 0 Å². The molecule has 0 radical (unpaired) electrons. The Morgan fingerprint density at radius 1 is 1.12 bits per heavy atom. The number of alkyl halides is 2. The first-order chi connectivity index (χ1) is 19.3. The van der Waals surface area contributed by atoms with Crippen molar-refractivity contribution in [2.45, 2.75) is 75.8 Å². The van der Waals surface area contributed by atoms with Crippen LogP contribution in [-0.4, -0.2) is 64.8 Å². The standard InChI is InChI=1S/C30H34F2N4O4/c31-27(32)23-15-22-25(16-33-23)40-18-30(22)10-13-35(14-11-30)12-3-1-2-5-19-6-4-7-20-21(19)17-36(29(20)39)24-8-9-26(37)34-28(24)38/h4,6-7,15-16,24,27H,1-3,5,8-14,17-18H2,(H,34,37,38). The second-order valence-electron chi connectivity index (χ2n) is 11.5. The molecule has 6 rings (SSSR count). The highest BCUT2D eigenvalue weighted by Gasteiger charge is 2.44. The quantitative estimate of drug-likeness (QED) is 0.394. The number of piperidine rings is 2. The van der Waals surface area contributed by atoms with Gasteiger partial charge in [-0.1, -0.05) is 18.6 Å². The highest BCUT2D eigenvalue weighted by atomic mass is 19.3. The normalized spacial score (nSPS) is 22.0. The Labute approximate surface area is 232 Å². The van der Waals surface area contributed by atoms with Crippen molar-refractivity contribution in [2.75, 3.05) is 26.2 Å². The van der Waals surface area contributed by atoms with Crippen LogP contribution in [0.15, 0.2) is 30.5 Å². The summed E-state index contributed by atoms with van der Waals surface area (Å²) in [4.78, 5) is 44.8. The lowest BCUT2D eigenvalue weighted by molar-refractivity contribution is -0.136. The molecular weight excluding hydrogens is 518 g/mol. The largest absolute Gasteiger partial charge is 0.491 e. The number of carbonyl (C=O) groups is 3. The van der Waals surface area contributed by atoms with Crippen LogP contribution in [0.3, 0.4) is 0 Å². The fourth-order valence-electron chi connectivity index (χ4n) is 6.73. The number of nitrogens with one attached hydrogen (secondary N) is 1. The highest BCUT2D eigenvalue weighted by molar-refractivity contribution is 6.05. The second kappa shape index (κ2) is 10.9. The zero-order valence-electron chi connectivity index (χ0n) is 22.5. The van der Waals surface area contributed by atoms with Crippen molar-refractivity contribution in [3.63, 3.8) is 0 Å². The molecule has 3 amide bonds. The summed E-state index contributed by atoms with van der Waals surface area (Å²) >= 11 is 0.